The summed E-state index contributed by atoms with van der Waals surface area (Å²) in [6.07, 6.45) is 4.92. The SMILES string of the molecule is Cn1c(=O)[nH]c2cc(CC3CCCCN3)ccc21. The highest BCUT2D eigenvalue weighted by Crippen LogP contribution is 2.16. The zero-order chi connectivity index (χ0) is 12.5. The quantitative estimate of drug-likeness (QED) is 0.843. The van der Waals surface area contributed by atoms with Crippen molar-refractivity contribution in [3.63, 3.8) is 0 Å². The van der Waals surface area contributed by atoms with Crippen molar-refractivity contribution in [1.29, 1.82) is 0 Å². The largest absolute Gasteiger partial charge is 0.326 e. The fourth-order valence-electron chi connectivity index (χ4n) is 2.79. The van der Waals surface area contributed by atoms with Crippen LogP contribution in [0.1, 0.15) is 24.8 Å². The number of H-pyrrole nitrogens is 1. The van der Waals surface area contributed by atoms with Gasteiger partial charge < -0.3 is 10.3 Å². The molecule has 2 aromatic rings. The highest BCUT2D eigenvalue weighted by atomic mass is 16.1. The van der Waals surface area contributed by atoms with Gasteiger partial charge in [0.15, 0.2) is 0 Å². The summed E-state index contributed by atoms with van der Waals surface area (Å²) >= 11 is 0. The minimum Gasteiger partial charge on any atom is -0.314 e. The van der Waals surface area contributed by atoms with Crippen molar-refractivity contribution in [1.82, 2.24) is 14.9 Å². The fourth-order valence-corrected chi connectivity index (χ4v) is 2.79. The van der Waals surface area contributed by atoms with Crippen LogP contribution >= 0.6 is 0 Å². The molecule has 4 heteroatoms. The first-order valence-electron chi connectivity index (χ1n) is 6.65. The van der Waals surface area contributed by atoms with Crippen molar-refractivity contribution in [2.45, 2.75) is 31.7 Å². The van der Waals surface area contributed by atoms with Gasteiger partial charge in [0.25, 0.3) is 0 Å². The first-order valence-corrected chi connectivity index (χ1v) is 6.65. The lowest BCUT2D eigenvalue weighted by Gasteiger charge is -2.23. The van der Waals surface area contributed by atoms with E-state index >= 15 is 0 Å². The molecule has 18 heavy (non-hydrogen) atoms. The van der Waals surface area contributed by atoms with E-state index in [-0.39, 0.29) is 5.69 Å². The molecule has 3 rings (SSSR count). The van der Waals surface area contributed by atoms with Gasteiger partial charge in [0.1, 0.15) is 0 Å². The van der Waals surface area contributed by atoms with Gasteiger partial charge in [-0.25, -0.2) is 4.79 Å². The van der Waals surface area contributed by atoms with E-state index in [4.69, 9.17) is 0 Å². The lowest BCUT2D eigenvalue weighted by Crippen LogP contribution is -2.35. The molecule has 4 nitrogen and oxygen atoms in total. The molecular weight excluding hydrogens is 226 g/mol. The molecule has 1 aromatic carbocycles. The summed E-state index contributed by atoms with van der Waals surface area (Å²) in [5, 5.41) is 3.56. The maximum Gasteiger partial charge on any atom is 0.326 e. The molecule has 0 radical (unpaired) electrons. The second kappa shape index (κ2) is 4.61. The Bertz CT molecular complexity index is 605. The fraction of sp³-hybridized carbons (Fsp3) is 0.500. The molecule has 1 unspecified atom stereocenters. The van der Waals surface area contributed by atoms with E-state index in [9.17, 15) is 4.79 Å². The van der Waals surface area contributed by atoms with E-state index in [1.54, 1.807) is 11.6 Å². The number of hydrogen-bond donors (Lipinski definition) is 2. The van der Waals surface area contributed by atoms with Crippen molar-refractivity contribution in [2.24, 2.45) is 7.05 Å². The third-order valence-electron chi connectivity index (χ3n) is 3.86. The van der Waals surface area contributed by atoms with Crippen LogP contribution in [0.15, 0.2) is 23.0 Å². The molecule has 0 saturated carbocycles. The van der Waals surface area contributed by atoms with E-state index in [0.717, 1.165) is 24.0 Å². The Labute approximate surface area is 106 Å². The van der Waals surface area contributed by atoms with Gasteiger partial charge in [-0.05, 0) is 43.5 Å². The van der Waals surface area contributed by atoms with E-state index in [1.165, 1.54) is 24.8 Å². The number of imidazole rings is 1. The molecule has 1 fully saturated rings. The summed E-state index contributed by atoms with van der Waals surface area (Å²) in [6.45, 7) is 1.13. The van der Waals surface area contributed by atoms with Crippen LogP contribution in [0, 0.1) is 0 Å². The predicted octanol–water partition coefficient (Wildman–Crippen LogP) is 1.55. The molecule has 1 aliphatic heterocycles. The van der Waals surface area contributed by atoms with Crippen LogP contribution in [0.2, 0.25) is 0 Å². The van der Waals surface area contributed by atoms with Gasteiger partial charge in [0, 0.05) is 13.1 Å². The molecule has 1 aliphatic rings. The number of fused-ring (bicyclic) bond motifs is 1. The Hall–Kier alpha value is -1.55. The average molecular weight is 245 g/mol. The van der Waals surface area contributed by atoms with Crippen molar-refractivity contribution < 1.29 is 0 Å². The highest BCUT2D eigenvalue weighted by Gasteiger charge is 2.13. The van der Waals surface area contributed by atoms with E-state index < -0.39 is 0 Å². The van der Waals surface area contributed by atoms with Crippen molar-refractivity contribution in [3.8, 4) is 0 Å². The molecule has 0 aliphatic carbocycles. The number of nitrogens with one attached hydrogen (secondary N) is 2. The summed E-state index contributed by atoms with van der Waals surface area (Å²) in [5.41, 5.74) is 3.16. The Kier molecular flexibility index (Phi) is 2.96. The van der Waals surface area contributed by atoms with E-state index in [0.29, 0.717) is 6.04 Å². The first kappa shape index (κ1) is 11.5. The normalized spacial score (nSPS) is 20.4. The number of benzene rings is 1. The maximum atomic E-state index is 11.5. The summed E-state index contributed by atoms with van der Waals surface area (Å²) in [4.78, 5) is 14.4. The number of rotatable bonds is 2. The predicted molar refractivity (Wildman–Crippen MR) is 72.9 cm³/mol. The molecule has 1 saturated heterocycles. The molecule has 0 amide bonds. The molecule has 0 bridgehead atoms. The Morgan fingerprint density at radius 2 is 2.28 bits per heavy atom. The monoisotopic (exact) mass is 245 g/mol. The van der Waals surface area contributed by atoms with Crippen LogP contribution in [0.3, 0.4) is 0 Å². The van der Waals surface area contributed by atoms with Crippen molar-refractivity contribution in [2.75, 3.05) is 6.54 Å². The Morgan fingerprint density at radius 3 is 3.06 bits per heavy atom. The molecule has 0 spiro atoms. The summed E-state index contributed by atoms with van der Waals surface area (Å²) < 4.78 is 1.65. The third-order valence-corrected chi connectivity index (χ3v) is 3.86. The van der Waals surface area contributed by atoms with E-state index in [2.05, 4.69) is 22.4 Å². The third kappa shape index (κ3) is 2.08. The second-order valence-corrected chi connectivity index (χ2v) is 5.19. The number of aromatic amines is 1. The van der Waals surface area contributed by atoms with Gasteiger partial charge in [-0.15, -0.1) is 0 Å². The number of nitrogens with zero attached hydrogens (tertiary/aromatic N) is 1. The molecule has 96 valence electrons. The Morgan fingerprint density at radius 1 is 1.39 bits per heavy atom. The van der Waals surface area contributed by atoms with E-state index in [1.807, 2.05) is 6.07 Å². The summed E-state index contributed by atoms with van der Waals surface area (Å²) in [6, 6.07) is 6.86. The molecule has 1 atom stereocenters. The van der Waals surface area contributed by atoms with Crippen LogP contribution in [-0.2, 0) is 13.5 Å². The molecular formula is C14H19N3O. The summed E-state index contributed by atoms with van der Waals surface area (Å²) in [7, 11) is 1.80. The van der Waals surface area contributed by atoms with Crippen LogP contribution in [0.5, 0.6) is 0 Å². The second-order valence-electron chi connectivity index (χ2n) is 5.19. The van der Waals surface area contributed by atoms with Gasteiger partial charge in [0.05, 0.1) is 11.0 Å². The lowest BCUT2D eigenvalue weighted by molar-refractivity contribution is 0.399. The zero-order valence-corrected chi connectivity index (χ0v) is 10.7. The molecule has 1 aromatic heterocycles. The summed E-state index contributed by atoms with van der Waals surface area (Å²) in [5.74, 6) is 0. The smallest absolute Gasteiger partial charge is 0.314 e. The topological polar surface area (TPSA) is 49.8 Å². The van der Waals surface area contributed by atoms with Crippen LogP contribution in [-0.4, -0.2) is 22.1 Å². The minimum atomic E-state index is -0.0436. The van der Waals surface area contributed by atoms with Crippen molar-refractivity contribution in [3.05, 3.63) is 34.2 Å². The first-order chi connectivity index (χ1) is 8.74. The number of aromatic nitrogens is 2. The number of aryl methyl sites for hydroxylation is 1. The standard InChI is InChI=1S/C14H19N3O/c1-17-13-6-5-10(9-12(13)16-14(17)18)8-11-4-2-3-7-15-11/h5-6,9,11,15H,2-4,7-8H2,1H3,(H,16,18). The minimum absolute atomic E-state index is 0.0436. The number of hydrogen-bond acceptors (Lipinski definition) is 2. The zero-order valence-electron chi connectivity index (χ0n) is 10.7. The Balaban J connectivity index is 1.86. The van der Waals surface area contributed by atoms with Gasteiger partial charge in [-0.1, -0.05) is 12.5 Å². The number of piperidine rings is 1. The maximum absolute atomic E-state index is 11.5. The van der Waals surface area contributed by atoms with Crippen LogP contribution in [0.25, 0.3) is 11.0 Å². The van der Waals surface area contributed by atoms with Crippen LogP contribution < -0.4 is 11.0 Å². The average Bonchev–Trinajstić information content (AvgIpc) is 2.66. The molecule has 2 N–H and O–H groups in total. The van der Waals surface area contributed by atoms with Gasteiger partial charge >= 0.3 is 5.69 Å². The van der Waals surface area contributed by atoms with Gasteiger partial charge in [-0.3, -0.25) is 4.57 Å². The van der Waals surface area contributed by atoms with Gasteiger partial charge in [0.2, 0.25) is 0 Å². The highest BCUT2D eigenvalue weighted by molar-refractivity contribution is 5.75. The van der Waals surface area contributed by atoms with Crippen LogP contribution in [0.4, 0.5) is 0 Å². The lowest BCUT2D eigenvalue weighted by atomic mass is 9.97. The van der Waals surface area contributed by atoms with Gasteiger partial charge in [-0.2, -0.15) is 0 Å². The van der Waals surface area contributed by atoms with Crippen molar-refractivity contribution >= 4 is 11.0 Å². The molecule has 2 heterocycles.